The molecule has 4 nitrogen and oxygen atoms in total. The zero-order valence-electron chi connectivity index (χ0n) is 8.70. The summed E-state index contributed by atoms with van der Waals surface area (Å²) in [6.45, 7) is 0.906. The largest absolute Gasteiger partial charge is 0.362 e. The molecule has 16 heavy (non-hydrogen) atoms. The Labute approximate surface area is 94.7 Å². The number of hydrogen-bond donors (Lipinski definition) is 0. The number of sulfonamides is 1. The third kappa shape index (κ3) is 1.35. The van der Waals surface area contributed by atoms with Crippen LogP contribution in [-0.2, 0) is 10.0 Å². The van der Waals surface area contributed by atoms with Crippen LogP contribution >= 0.6 is 0 Å². The summed E-state index contributed by atoms with van der Waals surface area (Å²) in [5.74, 6) is 0. The molecule has 84 valence electrons. The van der Waals surface area contributed by atoms with Gasteiger partial charge in [0.05, 0.1) is 11.7 Å². The van der Waals surface area contributed by atoms with Crippen LogP contribution in [0.3, 0.4) is 0 Å². The molecule has 0 bridgehead atoms. The molecule has 1 saturated heterocycles. The summed E-state index contributed by atoms with van der Waals surface area (Å²) < 4.78 is 27.5. The average Bonchev–Trinajstić information content (AvgIpc) is 2.71. The van der Waals surface area contributed by atoms with Gasteiger partial charge >= 0.3 is 0 Å². The second-order valence-electron chi connectivity index (χ2n) is 4.10. The number of anilines is 1. The fourth-order valence-corrected chi connectivity index (χ4v) is 3.48. The lowest BCUT2D eigenvalue weighted by atomic mass is 10.2. The molecule has 1 atom stereocenters. The monoisotopic (exact) mass is 236 g/mol. The molecular formula is C11H12N2O2S. The molecule has 0 aliphatic carbocycles. The fraction of sp³-hybridized carbons (Fsp3) is 0.364. The van der Waals surface area contributed by atoms with Crippen molar-refractivity contribution in [3.63, 3.8) is 0 Å². The summed E-state index contributed by atoms with van der Waals surface area (Å²) in [4.78, 5) is 2.46. The van der Waals surface area contributed by atoms with Gasteiger partial charge in [-0.05, 0) is 25.0 Å². The molecule has 0 radical (unpaired) electrons. The molecule has 0 unspecified atom stereocenters. The van der Waals surface area contributed by atoms with Crippen LogP contribution in [0.15, 0.2) is 33.6 Å². The quantitative estimate of drug-likeness (QED) is 0.684. The van der Waals surface area contributed by atoms with Crippen LogP contribution in [0.2, 0.25) is 0 Å². The standard InChI is InChI=1S/C11H12N2O2S/c14-16(15)11-6-2-1-5-10(11)13-7-3-4-9(13)8-12-16/h1-2,5-6,8-9H,3-4,7H2/t9-/m1/s1. The lowest BCUT2D eigenvalue weighted by Gasteiger charge is -2.23. The Morgan fingerprint density at radius 2 is 2.12 bits per heavy atom. The number of fused-ring (bicyclic) bond motifs is 3. The van der Waals surface area contributed by atoms with Crippen LogP contribution in [0.1, 0.15) is 12.8 Å². The van der Waals surface area contributed by atoms with Gasteiger partial charge in [0.1, 0.15) is 4.90 Å². The third-order valence-electron chi connectivity index (χ3n) is 3.12. The summed E-state index contributed by atoms with van der Waals surface area (Å²) in [6, 6.07) is 7.23. The number of nitrogens with zero attached hydrogens (tertiary/aromatic N) is 2. The number of para-hydroxylation sites is 1. The Morgan fingerprint density at radius 1 is 1.31 bits per heavy atom. The molecule has 0 aromatic heterocycles. The molecule has 1 aromatic carbocycles. The van der Waals surface area contributed by atoms with Crippen LogP contribution in [-0.4, -0.2) is 27.2 Å². The van der Waals surface area contributed by atoms with Gasteiger partial charge in [-0.3, -0.25) is 0 Å². The maximum absolute atomic E-state index is 11.9. The normalized spacial score (nSPS) is 26.0. The molecule has 1 aromatic rings. The van der Waals surface area contributed by atoms with Crippen molar-refractivity contribution in [2.45, 2.75) is 23.8 Å². The summed E-state index contributed by atoms with van der Waals surface area (Å²) in [5, 5.41) is 0. The lowest BCUT2D eigenvalue weighted by molar-refractivity contribution is 0.598. The molecule has 2 aliphatic heterocycles. The van der Waals surface area contributed by atoms with Crippen LogP contribution in [0.5, 0.6) is 0 Å². The second kappa shape index (κ2) is 3.31. The van der Waals surface area contributed by atoms with Crippen LogP contribution in [0.4, 0.5) is 5.69 Å². The van der Waals surface area contributed by atoms with Crippen molar-refractivity contribution in [1.29, 1.82) is 0 Å². The van der Waals surface area contributed by atoms with E-state index in [0.29, 0.717) is 4.90 Å². The van der Waals surface area contributed by atoms with Crippen molar-refractivity contribution in [3.05, 3.63) is 24.3 Å². The van der Waals surface area contributed by atoms with Gasteiger partial charge in [0, 0.05) is 12.8 Å². The fourth-order valence-electron chi connectivity index (χ4n) is 2.37. The van der Waals surface area contributed by atoms with Crippen molar-refractivity contribution in [1.82, 2.24) is 0 Å². The van der Waals surface area contributed by atoms with Crippen molar-refractivity contribution >= 4 is 21.9 Å². The Morgan fingerprint density at radius 3 is 3.00 bits per heavy atom. The highest BCUT2D eigenvalue weighted by Gasteiger charge is 2.31. The number of benzene rings is 1. The van der Waals surface area contributed by atoms with Gasteiger partial charge in [0.25, 0.3) is 10.0 Å². The van der Waals surface area contributed by atoms with E-state index in [1.54, 1.807) is 18.3 Å². The summed E-state index contributed by atoms with van der Waals surface area (Å²) >= 11 is 0. The summed E-state index contributed by atoms with van der Waals surface area (Å²) in [5.41, 5.74) is 0.794. The molecule has 1 fully saturated rings. The van der Waals surface area contributed by atoms with E-state index in [0.717, 1.165) is 25.1 Å². The third-order valence-corrected chi connectivity index (χ3v) is 4.42. The lowest BCUT2D eigenvalue weighted by Crippen LogP contribution is -2.29. The molecule has 2 heterocycles. The smallest absolute Gasteiger partial charge is 0.284 e. The number of rotatable bonds is 0. The Hall–Kier alpha value is -1.36. The van der Waals surface area contributed by atoms with E-state index < -0.39 is 10.0 Å². The molecule has 2 aliphatic rings. The minimum Gasteiger partial charge on any atom is -0.362 e. The van der Waals surface area contributed by atoms with E-state index in [-0.39, 0.29) is 6.04 Å². The average molecular weight is 236 g/mol. The first kappa shape index (κ1) is 9.84. The van der Waals surface area contributed by atoms with Gasteiger partial charge in [-0.15, -0.1) is 0 Å². The molecule has 0 N–H and O–H groups in total. The van der Waals surface area contributed by atoms with E-state index in [1.807, 2.05) is 12.1 Å². The highest BCUT2D eigenvalue weighted by molar-refractivity contribution is 7.90. The number of hydrogen-bond acceptors (Lipinski definition) is 3. The van der Waals surface area contributed by atoms with E-state index in [1.165, 1.54) is 0 Å². The summed E-state index contributed by atoms with van der Waals surface area (Å²) in [6.07, 6.45) is 3.64. The predicted molar refractivity (Wildman–Crippen MR) is 62.5 cm³/mol. The Bertz CT molecular complexity index is 551. The first-order valence-corrected chi connectivity index (χ1v) is 6.79. The van der Waals surface area contributed by atoms with Crippen LogP contribution in [0.25, 0.3) is 0 Å². The van der Waals surface area contributed by atoms with Crippen molar-refractivity contribution in [2.75, 3.05) is 11.4 Å². The Balaban J connectivity index is 2.27. The zero-order valence-corrected chi connectivity index (χ0v) is 9.52. The van der Waals surface area contributed by atoms with E-state index in [9.17, 15) is 8.42 Å². The SMILES string of the molecule is O=S1(=O)N=C[C@H]2CCCN2c2ccccc21. The maximum atomic E-state index is 11.9. The van der Waals surface area contributed by atoms with Gasteiger partial charge in [-0.1, -0.05) is 12.1 Å². The van der Waals surface area contributed by atoms with Gasteiger partial charge in [-0.2, -0.15) is 12.8 Å². The predicted octanol–water partition coefficient (Wildman–Crippen LogP) is 1.43. The van der Waals surface area contributed by atoms with Crippen molar-refractivity contribution < 1.29 is 8.42 Å². The van der Waals surface area contributed by atoms with E-state index in [4.69, 9.17) is 0 Å². The zero-order chi connectivity index (χ0) is 11.2. The topological polar surface area (TPSA) is 49.7 Å². The van der Waals surface area contributed by atoms with Crippen molar-refractivity contribution in [3.8, 4) is 0 Å². The van der Waals surface area contributed by atoms with Gasteiger partial charge in [-0.25, -0.2) is 0 Å². The highest BCUT2D eigenvalue weighted by Crippen LogP contribution is 2.33. The summed E-state index contributed by atoms with van der Waals surface area (Å²) in [7, 11) is -3.49. The molecule has 3 rings (SSSR count). The molecular weight excluding hydrogens is 224 g/mol. The molecule has 0 amide bonds. The van der Waals surface area contributed by atoms with Crippen LogP contribution in [0, 0.1) is 0 Å². The maximum Gasteiger partial charge on any atom is 0.284 e. The highest BCUT2D eigenvalue weighted by atomic mass is 32.2. The molecule has 0 spiro atoms. The van der Waals surface area contributed by atoms with Gasteiger partial charge in [0.2, 0.25) is 0 Å². The van der Waals surface area contributed by atoms with Gasteiger partial charge < -0.3 is 4.90 Å². The van der Waals surface area contributed by atoms with Crippen LogP contribution < -0.4 is 4.90 Å². The van der Waals surface area contributed by atoms with Crippen molar-refractivity contribution in [2.24, 2.45) is 4.40 Å². The van der Waals surface area contributed by atoms with Gasteiger partial charge in [0.15, 0.2) is 0 Å². The molecule has 0 saturated carbocycles. The second-order valence-corrected chi connectivity index (χ2v) is 5.70. The minimum absolute atomic E-state index is 0.137. The van der Waals surface area contributed by atoms with E-state index in [2.05, 4.69) is 9.30 Å². The molecule has 5 heteroatoms. The Kier molecular flexibility index (Phi) is 2.04. The minimum atomic E-state index is -3.49. The van der Waals surface area contributed by atoms with E-state index >= 15 is 0 Å². The first-order valence-electron chi connectivity index (χ1n) is 5.35. The first-order chi connectivity index (χ1) is 7.68.